The summed E-state index contributed by atoms with van der Waals surface area (Å²) in [5.74, 6) is -0.922. The van der Waals surface area contributed by atoms with Gasteiger partial charge in [0.05, 0.1) is 7.11 Å². The molecular formula is C14H13FN2O3. The number of esters is 1. The molecule has 0 unspecified atom stereocenters. The largest absolute Gasteiger partial charge is 0.470 e. The summed E-state index contributed by atoms with van der Waals surface area (Å²) in [6, 6.07) is 4.45. The lowest BCUT2D eigenvalue weighted by Gasteiger charge is -2.10. The molecule has 0 saturated heterocycles. The van der Waals surface area contributed by atoms with Gasteiger partial charge in [0, 0.05) is 12.4 Å². The third-order valence-corrected chi connectivity index (χ3v) is 2.69. The first-order valence-electron chi connectivity index (χ1n) is 5.89. The predicted molar refractivity (Wildman–Crippen MR) is 68.8 cm³/mol. The molecule has 0 aliphatic heterocycles. The smallest absolute Gasteiger partial charge is 0.343 e. The highest BCUT2D eigenvalue weighted by molar-refractivity contribution is 5.93. The van der Waals surface area contributed by atoms with Crippen LogP contribution in [0.25, 0.3) is 0 Å². The second kappa shape index (κ2) is 6.10. The van der Waals surface area contributed by atoms with Crippen molar-refractivity contribution in [3.05, 3.63) is 53.2 Å². The van der Waals surface area contributed by atoms with Crippen LogP contribution in [0.3, 0.4) is 0 Å². The van der Waals surface area contributed by atoms with Gasteiger partial charge in [-0.25, -0.2) is 14.2 Å². The quantitative estimate of drug-likeness (QED) is 0.802. The number of halogens is 1. The first kappa shape index (κ1) is 13.9. The highest BCUT2D eigenvalue weighted by Gasteiger charge is 2.18. The molecule has 2 rings (SSSR count). The van der Waals surface area contributed by atoms with E-state index in [-0.39, 0.29) is 23.7 Å². The molecule has 0 spiro atoms. The second-order valence-electron chi connectivity index (χ2n) is 4.02. The maximum atomic E-state index is 13.4. The number of rotatable bonds is 4. The summed E-state index contributed by atoms with van der Waals surface area (Å²) in [5, 5.41) is 0. The van der Waals surface area contributed by atoms with Crippen molar-refractivity contribution >= 4 is 5.97 Å². The second-order valence-corrected chi connectivity index (χ2v) is 4.02. The van der Waals surface area contributed by atoms with Crippen LogP contribution in [-0.4, -0.2) is 23.0 Å². The van der Waals surface area contributed by atoms with E-state index in [1.807, 2.05) is 0 Å². The third-order valence-electron chi connectivity index (χ3n) is 2.69. The molecule has 2 aromatic rings. The van der Waals surface area contributed by atoms with Gasteiger partial charge in [-0.3, -0.25) is 4.98 Å². The fourth-order valence-electron chi connectivity index (χ4n) is 1.65. The van der Waals surface area contributed by atoms with Gasteiger partial charge in [-0.2, -0.15) is 0 Å². The van der Waals surface area contributed by atoms with E-state index in [4.69, 9.17) is 4.74 Å². The standard InChI is InChI=1S/C14H13FN2O3/c1-9-5-7-17-13(12(9)14(18)19-2)20-8-11-10(15)4-3-6-16-11/h3-7H,8H2,1-2H3. The fraction of sp³-hybridized carbons (Fsp3) is 0.214. The number of ether oxygens (including phenoxy) is 2. The van der Waals surface area contributed by atoms with Crippen LogP contribution in [0.2, 0.25) is 0 Å². The van der Waals surface area contributed by atoms with Gasteiger partial charge < -0.3 is 9.47 Å². The maximum absolute atomic E-state index is 13.4. The van der Waals surface area contributed by atoms with Crippen molar-refractivity contribution in [1.29, 1.82) is 0 Å². The van der Waals surface area contributed by atoms with Gasteiger partial charge in [-0.1, -0.05) is 0 Å². The SMILES string of the molecule is COC(=O)c1c(C)ccnc1OCc1ncccc1F. The highest BCUT2D eigenvalue weighted by Crippen LogP contribution is 2.21. The minimum absolute atomic E-state index is 0.0990. The van der Waals surface area contributed by atoms with Gasteiger partial charge in [-0.15, -0.1) is 0 Å². The Hall–Kier alpha value is -2.50. The van der Waals surface area contributed by atoms with E-state index in [0.717, 1.165) is 0 Å². The average molecular weight is 276 g/mol. The Bertz CT molecular complexity index is 632. The molecule has 20 heavy (non-hydrogen) atoms. The Labute approximate surface area is 115 Å². The molecule has 6 heteroatoms. The zero-order valence-corrected chi connectivity index (χ0v) is 11.1. The van der Waals surface area contributed by atoms with Crippen LogP contribution in [0, 0.1) is 12.7 Å². The molecule has 0 radical (unpaired) electrons. The molecular weight excluding hydrogens is 263 g/mol. The summed E-state index contributed by atoms with van der Waals surface area (Å²) in [7, 11) is 1.27. The van der Waals surface area contributed by atoms with Crippen molar-refractivity contribution in [1.82, 2.24) is 9.97 Å². The minimum Gasteiger partial charge on any atom is -0.470 e. The van der Waals surface area contributed by atoms with E-state index in [1.54, 1.807) is 13.0 Å². The highest BCUT2D eigenvalue weighted by atomic mass is 19.1. The van der Waals surface area contributed by atoms with Crippen LogP contribution in [0.4, 0.5) is 4.39 Å². The average Bonchev–Trinajstić information content (AvgIpc) is 2.46. The van der Waals surface area contributed by atoms with Crippen molar-refractivity contribution < 1.29 is 18.7 Å². The minimum atomic E-state index is -0.549. The lowest BCUT2D eigenvalue weighted by molar-refractivity contribution is 0.0593. The number of nitrogens with zero attached hydrogens (tertiary/aromatic N) is 2. The number of hydrogen-bond donors (Lipinski definition) is 0. The van der Waals surface area contributed by atoms with Crippen LogP contribution < -0.4 is 4.74 Å². The molecule has 0 amide bonds. The van der Waals surface area contributed by atoms with E-state index >= 15 is 0 Å². The number of aromatic nitrogens is 2. The van der Waals surface area contributed by atoms with E-state index < -0.39 is 11.8 Å². The van der Waals surface area contributed by atoms with Crippen LogP contribution in [-0.2, 0) is 11.3 Å². The van der Waals surface area contributed by atoms with Crippen molar-refractivity contribution in [3.63, 3.8) is 0 Å². The van der Waals surface area contributed by atoms with E-state index in [9.17, 15) is 9.18 Å². The van der Waals surface area contributed by atoms with Gasteiger partial charge >= 0.3 is 5.97 Å². The lowest BCUT2D eigenvalue weighted by Crippen LogP contribution is -2.10. The van der Waals surface area contributed by atoms with Crippen LogP contribution in [0.5, 0.6) is 5.88 Å². The number of carbonyl (C=O) groups is 1. The number of pyridine rings is 2. The van der Waals surface area contributed by atoms with Crippen molar-refractivity contribution in [2.75, 3.05) is 7.11 Å². The Morgan fingerprint density at radius 1 is 1.30 bits per heavy atom. The summed E-state index contributed by atoms with van der Waals surface area (Å²) < 4.78 is 23.5. The summed E-state index contributed by atoms with van der Waals surface area (Å²) in [6.45, 7) is 1.62. The molecule has 0 aliphatic rings. The van der Waals surface area contributed by atoms with Crippen LogP contribution >= 0.6 is 0 Å². The number of carbonyl (C=O) groups excluding carboxylic acids is 1. The zero-order valence-electron chi connectivity index (χ0n) is 11.1. The molecule has 0 aliphatic carbocycles. The van der Waals surface area contributed by atoms with Crippen molar-refractivity contribution in [2.45, 2.75) is 13.5 Å². The molecule has 0 aromatic carbocycles. The summed E-state index contributed by atoms with van der Waals surface area (Å²) in [5.41, 5.74) is 1.04. The first-order valence-corrected chi connectivity index (χ1v) is 5.89. The van der Waals surface area contributed by atoms with Gasteiger partial charge in [0.1, 0.15) is 23.7 Å². The first-order chi connectivity index (χ1) is 9.63. The summed E-state index contributed by atoms with van der Waals surface area (Å²) in [4.78, 5) is 19.5. The molecule has 2 heterocycles. The summed E-state index contributed by atoms with van der Waals surface area (Å²) >= 11 is 0. The summed E-state index contributed by atoms with van der Waals surface area (Å²) in [6.07, 6.45) is 2.97. The van der Waals surface area contributed by atoms with E-state index in [1.165, 1.54) is 31.6 Å². The molecule has 104 valence electrons. The Morgan fingerprint density at radius 2 is 2.10 bits per heavy atom. The van der Waals surface area contributed by atoms with Crippen LogP contribution in [0.1, 0.15) is 21.6 Å². The zero-order chi connectivity index (χ0) is 14.5. The molecule has 0 saturated carbocycles. The van der Waals surface area contributed by atoms with Gasteiger partial charge in [-0.05, 0) is 30.7 Å². The molecule has 0 atom stereocenters. The topological polar surface area (TPSA) is 61.3 Å². The molecule has 0 bridgehead atoms. The monoisotopic (exact) mass is 276 g/mol. The maximum Gasteiger partial charge on any atom is 0.343 e. The molecule has 0 fully saturated rings. The van der Waals surface area contributed by atoms with E-state index in [2.05, 4.69) is 14.7 Å². The van der Waals surface area contributed by atoms with Gasteiger partial charge in [0.15, 0.2) is 0 Å². The number of aryl methyl sites for hydroxylation is 1. The van der Waals surface area contributed by atoms with Crippen LogP contribution in [0.15, 0.2) is 30.6 Å². The van der Waals surface area contributed by atoms with Crippen molar-refractivity contribution in [2.24, 2.45) is 0 Å². The van der Waals surface area contributed by atoms with Crippen molar-refractivity contribution in [3.8, 4) is 5.88 Å². The molecule has 0 N–H and O–H groups in total. The third kappa shape index (κ3) is 2.90. The predicted octanol–water partition coefficient (Wildman–Crippen LogP) is 2.29. The Morgan fingerprint density at radius 3 is 2.80 bits per heavy atom. The Balaban J connectivity index is 2.24. The van der Waals surface area contributed by atoms with Gasteiger partial charge in [0.25, 0.3) is 0 Å². The van der Waals surface area contributed by atoms with E-state index in [0.29, 0.717) is 5.56 Å². The fourth-order valence-corrected chi connectivity index (χ4v) is 1.65. The lowest BCUT2D eigenvalue weighted by atomic mass is 10.1. The van der Waals surface area contributed by atoms with Gasteiger partial charge in [0.2, 0.25) is 5.88 Å². The Kier molecular flexibility index (Phi) is 4.24. The number of hydrogen-bond acceptors (Lipinski definition) is 5. The molecule has 5 nitrogen and oxygen atoms in total. The number of methoxy groups -OCH3 is 1. The molecule has 2 aromatic heterocycles. The normalized spacial score (nSPS) is 10.2.